The van der Waals surface area contributed by atoms with E-state index in [1.807, 2.05) is 122 Å². The first kappa shape index (κ1) is 47.4. The van der Waals surface area contributed by atoms with Gasteiger partial charge in [0.05, 0.1) is 36.6 Å². The van der Waals surface area contributed by atoms with E-state index >= 15 is 0 Å². The third-order valence-electron chi connectivity index (χ3n) is 11.6. The second kappa shape index (κ2) is 19.2. The van der Waals surface area contributed by atoms with Crippen LogP contribution in [0, 0.1) is 10.8 Å². The zero-order chi connectivity index (χ0) is 42.3. The summed E-state index contributed by atoms with van der Waals surface area (Å²) in [7, 11) is 0. The maximum absolute atomic E-state index is 13.4. The molecule has 0 amide bonds. The molecule has 2 aliphatic carbocycles. The molecule has 3 rings (SSSR count). The van der Waals surface area contributed by atoms with Gasteiger partial charge in [-0.1, -0.05) is 99.6 Å². The molecule has 312 valence electrons. The Balaban J connectivity index is 1.52. The molecular formula is C46H68O10. The van der Waals surface area contributed by atoms with Gasteiger partial charge in [0, 0.05) is 24.8 Å². The van der Waals surface area contributed by atoms with E-state index in [1.54, 1.807) is 13.8 Å². The number of carbonyl (C=O) groups excluding carboxylic acids is 1. The van der Waals surface area contributed by atoms with Crippen LogP contribution in [0.4, 0.5) is 0 Å². The highest BCUT2D eigenvalue weighted by atomic mass is 16.6. The molecule has 0 aromatic carbocycles. The molecule has 2 saturated carbocycles. The Bertz CT molecular complexity index is 1660. The van der Waals surface area contributed by atoms with Gasteiger partial charge in [0.15, 0.2) is 5.78 Å². The van der Waals surface area contributed by atoms with Crippen LogP contribution in [0.5, 0.6) is 0 Å². The Morgan fingerprint density at radius 3 is 1.91 bits per heavy atom. The first-order valence-corrected chi connectivity index (χ1v) is 19.7. The summed E-state index contributed by atoms with van der Waals surface area (Å²) in [6.07, 6.45) is 16.3. The van der Waals surface area contributed by atoms with Crippen LogP contribution >= 0.6 is 0 Å². The number of hydrogen-bond acceptors (Lipinski definition) is 10. The van der Waals surface area contributed by atoms with Crippen LogP contribution in [0.25, 0.3) is 0 Å². The van der Waals surface area contributed by atoms with Crippen LogP contribution in [0.15, 0.2) is 100 Å². The molecule has 0 bridgehead atoms. The molecule has 3 aliphatic rings. The molecular weight excluding hydrogens is 712 g/mol. The lowest BCUT2D eigenvalue weighted by atomic mass is 9.61. The van der Waals surface area contributed by atoms with Crippen molar-refractivity contribution in [1.82, 2.24) is 0 Å². The molecule has 0 aromatic heterocycles. The number of aliphatic hydroxyl groups excluding tert-OH is 6. The van der Waals surface area contributed by atoms with E-state index in [9.17, 15) is 35.4 Å². The minimum absolute atomic E-state index is 0.00359. The van der Waals surface area contributed by atoms with Crippen molar-refractivity contribution in [2.45, 2.75) is 155 Å². The van der Waals surface area contributed by atoms with E-state index < -0.39 is 59.3 Å². The summed E-state index contributed by atoms with van der Waals surface area (Å²) >= 11 is 0. The molecule has 4 unspecified atom stereocenters. The average Bonchev–Trinajstić information content (AvgIpc) is 3.71. The van der Waals surface area contributed by atoms with Crippen molar-refractivity contribution in [1.29, 1.82) is 0 Å². The molecule has 10 nitrogen and oxygen atoms in total. The summed E-state index contributed by atoms with van der Waals surface area (Å²) in [4.78, 5) is 13.4. The molecule has 10 heteroatoms. The fourth-order valence-electron chi connectivity index (χ4n) is 8.46. The Labute approximate surface area is 334 Å². The number of Topliss-reactive ketones (excluding diaryl/α,β-unsaturated/α-hetero) is 1. The van der Waals surface area contributed by atoms with Crippen LogP contribution in [0.1, 0.15) is 101 Å². The summed E-state index contributed by atoms with van der Waals surface area (Å²) < 4.78 is 12.3. The topological polar surface area (TPSA) is 180 Å². The van der Waals surface area contributed by atoms with Crippen molar-refractivity contribution < 1.29 is 50.0 Å². The lowest BCUT2D eigenvalue weighted by molar-refractivity contribution is -0.140. The van der Waals surface area contributed by atoms with E-state index in [0.717, 1.165) is 22.3 Å². The number of allylic oxidation sites excluding steroid dienone is 14. The van der Waals surface area contributed by atoms with E-state index in [1.165, 1.54) is 0 Å². The number of epoxide rings is 1. The Morgan fingerprint density at radius 1 is 0.804 bits per heavy atom. The van der Waals surface area contributed by atoms with E-state index in [2.05, 4.69) is 5.73 Å². The zero-order valence-corrected chi connectivity index (χ0v) is 35.1. The highest BCUT2D eigenvalue weighted by molar-refractivity contribution is 5.96. The summed E-state index contributed by atoms with van der Waals surface area (Å²) in [6.45, 7) is 18.6. The Hall–Kier alpha value is -2.99. The molecule has 56 heavy (non-hydrogen) atoms. The summed E-state index contributed by atoms with van der Waals surface area (Å²) in [5, 5.41) is 70.0. The fourth-order valence-corrected chi connectivity index (χ4v) is 8.46. The Morgan fingerprint density at radius 2 is 1.36 bits per heavy atom. The maximum atomic E-state index is 13.4. The van der Waals surface area contributed by atoms with Crippen molar-refractivity contribution in [3.63, 3.8) is 0 Å². The van der Waals surface area contributed by atoms with Gasteiger partial charge >= 0.3 is 0 Å². The van der Waals surface area contributed by atoms with Gasteiger partial charge in [0.25, 0.3) is 0 Å². The maximum Gasteiger partial charge on any atom is 0.161 e. The lowest BCUT2D eigenvalue weighted by Gasteiger charge is -2.43. The van der Waals surface area contributed by atoms with Crippen molar-refractivity contribution in [3.05, 3.63) is 100 Å². The number of hydrogen-bond donors (Lipinski definition) is 7. The van der Waals surface area contributed by atoms with Crippen LogP contribution in [0.2, 0.25) is 0 Å². The summed E-state index contributed by atoms with van der Waals surface area (Å²) in [6, 6.07) is 0. The van der Waals surface area contributed by atoms with E-state index in [-0.39, 0.29) is 30.3 Å². The number of rotatable bonds is 17. The first-order chi connectivity index (χ1) is 25.9. The van der Waals surface area contributed by atoms with E-state index in [0.29, 0.717) is 31.3 Å². The van der Waals surface area contributed by atoms with Gasteiger partial charge in [-0.05, 0) is 82.4 Å². The quantitative estimate of drug-likeness (QED) is 0.0426. The van der Waals surface area contributed by atoms with Crippen LogP contribution in [-0.2, 0) is 14.3 Å². The van der Waals surface area contributed by atoms with Gasteiger partial charge < -0.3 is 45.2 Å². The molecule has 7 N–H and O–H groups in total. The number of carbonyl (C=O) groups is 1. The predicted molar refractivity (Wildman–Crippen MR) is 219 cm³/mol. The SMILES string of the molecule is CC(C=C=C1C(C)(C)CC(O)C[C@@]1(C)O)=CC=CC(C)=CC=CC=C(C)C=CC=C(C)C(=O)CC12OC1(C)CC(OC[C@@H](O)[C@@H](O)[C@H](O)[C@H](O)CO)CC2(C)C. The number of aliphatic hydroxyl groups is 7. The second-order valence-corrected chi connectivity index (χ2v) is 17.9. The Kier molecular flexibility index (Phi) is 16.2. The van der Waals surface area contributed by atoms with Gasteiger partial charge in [0.1, 0.15) is 30.0 Å². The van der Waals surface area contributed by atoms with Gasteiger partial charge in [-0.15, -0.1) is 5.73 Å². The van der Waals surface area contributed by atoms with Crippen molar-refractivity contribution in [2.75, 3.05) is 13.2 Å². The van der Waals surface area contributed by atoms with Crippen LogP contribution in [0.3, 0.4) is 0 Å². The third-order valence-corrected chi connectivity index (χ3v) is 11.6. The zero-order valence-electron chi connectivity index (χ0n) is 35.1. The molecule has 0 radical (unpaired) electrons. The third kappa shape index (κ3) is 12.0. The molecule has 0 aromatic rings. The number of fused-ring (bicyclic) bond motifs is 1. The molecule has 1 heterocycles. The number of ketones is 1. The minimum atomic E-state index is -1.72. The highest BCUT2D eigenvalue weighted by Crippen LogP contribution is 2.67. The molecule has 1 aliphatic heterocycles. The van der Waals surface area contributed by atoms with Crippen LogP contribution < -0.4 is 0 Å². The minimum Gasteiger partial charge on any atom is -0.394 e. The molecule has 0 spiro atoms. The van der Waals surface area contributed by atoms with Crippen molar-refractivity contribution in [2.24, 2.45) is 10.8 Å². The monoisotopic (exact) mass is 780 g/mol. The predicted octanol–water partition coefficient (Wildman–Crippen LogP) is 5.58. The lowest BCUT2D eigenvalue weighted by Crippen LogP contribution is -2.50. The highest BCUT2D eigenvalue weighted by Gasteiger charge is 2.76. The van der Waals surface area contributed by atoms with Gasteiger partial charge in [-0.25, -0.2) is 0 Å². The second-order valence-electron chi connectivity index (χ2n) is 17.9. The van der Waals surface area contributed by atoms with Crippen LogP contribution in [-0.4, -0.2) is 108 Å². The van der Waals surface area contributed by atoms with Gasteiger partial charge in [0.2, 0.25) is 0 Å². The first-order valence-electron chi connectivity index (χ1n) is 19.7. The smallest absolute Gasteiger partial charge is 0.161 e. The van der Waals surface area contributed by atoms with E-state index in [4.69, 9.17) is 14.6 Å². The molecule has 1 saturated heterocycles. The van der Waals surface area contributed by atoms with Gasteiger partial charge in [-0.2, -0.15) is 0 Å². The summed E-state index contributed by atoms with van der Waals surface area (Å²) in [5.74, 6) is -0.00359. The van der Waals surface area contributed by atoms with Crippen molar-refractivity contribution >= 4 is 5.78 Å². The van der Waals surface area contributed by atoms with Gasteiger partial charge in [-0.3, -0.25) is 4.79 Å². The fraction of sp³-hybridized carbons (Fsp3) is 0.609. The summed E-state index contributed by atoms with van der Waals surface area (Å²) in [5.41, 5.74) is 4.69. The number of ether oxygens (including phenoxy) is 2. The molecule has 3 fully saturated rings. The normalized spacial score (nSPS) is 32.0. The average molecular weight is 781 g/mol. The molecule has 9 atom stereocenters. The standard InChI is InChI=1S/C46H68O10/c1-30(17-13-18-32(3)21-22-39-42(5,6)23-34(48)24-44(39,9)54)15-11-12-16-31(2)19-14-20-33(4)36(49)27-46-43(7,8)25-35(26-45(46,10)56-46)55-29-38(51)41(53)40(52)37(50)28-47/h11-21,34-35,37-38,40-41,47-48,50-54H,23-29H2,1-10H3/t22?,34?,35?,37-,38-,40-,41-,44-,45?,46?/m1/s1. The van der Waals surface area contributed by atoms with Crippen molar-refractivity contribution in [3.8, 4) is 0 Å². The largest absolute Gasteiger partial charge is 0.394 e.